The number of rotatable bonds is 4. The van der Waals surface area contributed by atoms with Gasteiger partial charge in [-0.15, -0.1) is 0 Å². The molecule has 0 aromatic heterocycles. The number of allylic oxidation sites excluding steroid dienone is 3. The number of benzene rings is 1. The second-order valence-corrected chi connectivity index (χ2v) is 7.37. The Morgan fingerprint density at radius 3 is 2.41 bits per heavy atom. The van der Waals surface area contributed by atoms with Crippen molar-refractivity contribution >= 4 is 0 Å². The van der Waals surface area contributed by atoms with Crippen molar-refractivity contribution < 1.29 is 4.74 Å². The molecular formula is C20H27NO. The van der Waals surface area contributed by atoms with Crippen LogP contribution in [0.15, 0.2) is 47.2 Å². The van der Waals surface area contributed by atoms with Gasteiger partial charge in [-0.25, -0.2) is 0 Å². The lowest BCUT2D eigenvalue weighted by atomic mass is 9.69. The Hall–Kier alpha value is -1.54. The summed E-state index contributed by atoms with van der Waals surface area (Å²) in [4.78, 5) is 2.16. The normalized spacial score (nSPS) is 19.6. The van der Waals surface area contributed by atoms with Crippen molar-refractivity contribution in [2.75, 3.05) is 27.2 Å². The first-order valence-electron chi connectivity index (χ1n) is 8.23. The Morgan fingerprint density at radius 2 is 1.73 bits per heavy atom. The van der Waals surface area contributed by atoms with Gasteiger partial charge in [-0.3, -0.25) is 0 Å². The molecule has 22 heavy (non-hydrogen) atoms. The van der Waals surface area contributed by atoms with Gasteiger partial charge in [0.15, 0.2) is 0 Å². The fourth-order valence-corrected chi connectivity index (χ4v) is 3.61. The summed E-state index contributed by atoms with van der Waals surface area (Å²) in [6.07, 6.45) is 5.51. The second kappa shape index (κ2) is 5.92. The van der Waals surface area contributed by atoms with Crippen LogP contribution in [0.1, 0.15) is 31.4 Å². The van der Waals surface area contributed by atoms with Gasteiger partial charge in [0.25, 0.3) is 0 Å². The Kier molecular flexibility index (Phi) is 4.14. The lowest BCUT2D eigenvalue weighted by Crippen LogP contribution is -2.26. The largest absolute Gasteiger partial charge is 0.497 e. The van der Waals surface area contributed by atoms with E-state index in [9.17, 15) is 0 Å². The molecule has 2 aliphatic carbocycles. The molecule has 0 unspecified atom stereocenters. The summed E-state index contributed by atoms with van der Waals surface area (Å²) in [5, 5.41) is 0. The Labute approximate surface area is 134 Å². The van der Waals surface area contributed by atoms with E-state index in [0.29, 0.717) is 0 Å². The van der Waals surface area contributed by atoms with Crippen LogP contribution >= 0.6 is 0 Å². The molecule has 2 aliphatic rings. The van der Waals surface area contributed by atoms with Gasteiger partial charge < -0.3 is 9.64 Å². The molecule has 0 fully saturated rings. The molecule has 0 heterocycles. The first-order valence-corrected chi connectivity index (χ1v) is 8.23. The highest BCUT2D eigenvalue weighted by molar-refractivity contribution is 5.46. The molecule has 0 bridgehead atoms. The van der Waals surface area contributed by atoms with Crippen molar-refractivity contribution in [1.29, 1.82) is 0 Å². The van der Waals surface area contributed by atoms with E-state index in [4.69, 9.17) is 4.74 Å². The van der Waals surface area contributed by atoms with Crippen molar-refractivity contribution in [1.82, 2.24) is 4.90 Å². The summed E-state index contributed by atoms with van der Waals surface area (Å²) in [5.74, 6) is 1.16. The molecule has 0 atom stereocenters. The highest BCUT2D eigenvalue weighted by Crippen LogP contribution is 2.44. The Bertz CT molecular complexity index is 622. The van der Waals surface area contributed by atoms with Crippen molar-refractivity contribution in [3.63, 3.8) is 0 Å². The minimum atomic E-state index is 0.106. The highest BCUT2D eigenvalue weighted by atomic mass is 16.5. The van der Waals surface area contributed by atoms with Gasteiger partial charge >= 0.3 is 0 Å². The number of hydrogen-bond acceptors (Lipinski definition) is 2. The third-order valence-corrected chi connectivity index (χ3v) is 4.83. The minimum absolute atomic E-state index is 0.106. The lowest BCUT2D eigenvalue weighted by molar-refractivity contribution is 0.172. The van der Waals surface area contributed by atoms with Crippen LogP contribution in [0.5, 0.6) is 0 Å². The van der Waals surface area contributed by atoms with Crippen LogP contribution in [0, 0.1) is 5.41 Å². The third-order valence-electron chi connectivity index (χ3n) is 4.83. The first-order chi connectivity index (χ1) is 10.5. The van der Waals surface area contributed by atoms with E-state index in [0.717, 1.165) is 38.2 Å². The zero-order chi connectivity index (χ0) is 15.7. The molecule has 118 valence electrons. The van der Waals surface area contributed by atoms with Crippen LogP contribution in [-0.4, -0.2) is 32.1 Å². The average Bonchev–Trinajstić information content (AvgIpc) is 2.44. The molecule has 0 amide bonds. The first kappa shape index (κ1) is 15.4. The molecule has 1 aromatic rings. The topological polar surface area (TPSA) is 12.5 Å². The molecule has 2 heteroatoms. The SMILES string of the molecule is CN(C)CCOC1=CC(C)(C)C2=C(C1)Cc1ccccc1C2. The summed E-state index contributed by atoms with van der Waals surface area (Å²) in [6.45, 7) is 6.39. The van der Waals surface area contributed by atoms with Gasteiger partial charge in [0.2, 0.25) is 0 Å². The number of fused-ring (bicyclic) bond motifs is 1. The van der Waals surface area contributed by atoms with Gasteiger partial charge in [-0.2, -0.15) is 0 Å². The average molecular weight is 297 g/mol. The van der Waals surface area contributed by atoms with Gasteiger partial charge in [0, 0.05) is 18.4 Å². The zero-order valence-electron chi connectivity index (χ0n) is 14.3. The molecule has 3 rings (SSSR count). The quantitative estimate of drug-likeness (QED) is 0.780. The fraction of sp³-hybridized carbons (Fsp3) is 0.500. The molecule has 0 spiro atoms. The Balaban J connectivity index is 1.77. The molecular weight excluding hydrogens is 270 g/mol. The van der Waals surface area contributed by atoms with E-state index in [2.05, 4.69) is 63.2 Å². The summed E-state index contributed by atoms with van der Waals surface area (Å²) in [6, 6.07) is 8.87. The van der Waals surface area contributed by atoms with Crippen LogP contribution < -0.4 is 0 Å². The smallest absolute Gasteiger partial charge is 0.100 e. The zero-order valence-corrected chi connectivity index (χ0v) is 14.3. The maximum atomic E-state index is 6.05. The lowest BCUT2D eigenvalue weighted by Gasteiger charge is -2.37. The molecule has 1 aromatic carbocycles. The van der Waals surface area contributed by atoms with Crippen LogP contribution in [0.3, 0.4) is 0 Å². The van der Waals surface area contributed by atoms with E-state index in [1.807, 2.05) is 0 Å². The number of hydrogen-bond donors (Lipinski definition) is 0. The number of ether oxygens (including phenoxy) is 1. The van der Waals surface area contributed by atoms with Gasteiger partial charge in [-0.1, -0.05) is 49.3 Å². The fourth-order valence-electron chi connectivity index (χ4n) is 3.61. The van der Waals surface area contributed by atoms with E-state index in [-0.39, 0.29) is 5.41 Å². The minimum Gasteiger partial charge on any atom is -0.497 e. The van der Waals surface area contributed by atoms with E-state index in [1.54, 1.807) is 11.1 Å². The van der Waals surface area contributed by atoms with Crippen molar-refractivity contribution in [3.05, 3.63) is 58.4 Å². The molecule has 0 saturated heterocycles. The molecule has 0 saturated carbocycles. The Morgan fingerprint density at radius 1 is 1.05 bits per heavy atom. The van der Waals surface area contributed by atoms with Crippen molar-refractivity contribution in [2.45, 2.75) is 33.1 Å². The van der Waals surface area contributed by atoms with Gasteiger partial charge in [-0.05, 0) is 44.1 Å². The summed E-state index contributed by atoms with van der Waals surface area (Å²) in [5.41, 5.74) is 6.28. The summed E-state index contributed by atoms with van der Waals surface area (Å²) < 4.78 is 6.05. The molecule has 0 aliphatic heterocycles. The van der Waals surface area contributed by atoms with E-state index < -0.39 is 0 Å². The standard InChI is InChI=1S/C20H27NO/c1-20(2)14-18(22-10-9-21(3)4)12-17-11-15-7-5-6-8-16(15)13-19(17)20/h5-8,14H,9-13H2,1-4H3. The molecule has 0 radical (unpaired) electrons. The van der Waals surface area contributed by atoms with Crippen LogP contribution in [0.2, 0.25) is 0 Å². The number of likely N-dealkylation sites (N-methyl/N-ethyl adjacent to an activating group) is 1. The van der Waals surface area contributed by atoms with E-state index in [1.165, 1.54) is 11.1 Å². The second-order valence-electron chi connectivity index (χ2n) is 7.37. The van der Waals surface area contributed by atoms with Crippen LogP contribution in [0.4, 0.5) is 0 Å². The van der Waals surface area contributed by atoms with E-state index >= 15 is 0 Å². The number of nitrogens with zero attached hydrogens (tertiary/aromatic N) is 1. The predicted octanol–water partition coefficient (Wildman–Crippen LogP) is 3.97. The van der Waals surface area contributed by atoms with Crippen molar-refractivity contribution in [2.24, 2.45) is 5.41 Å². The highest BCUT2D eigenvalue weighted by Gasteiger charge is 2.32. The maximum absolute atomic E-state index is 6.05. The van der Waals surface area contributed by atoms with Gasteiger partial charge in [0.1, 0.15) is 6.61 Å². The monoisotopic (exact) mass is 297 g/mol. The van der Waals surface area contributed by atoms with Crippen molar-refractivity contribution in [3.8, 4) is 0 Å². The maximum Gasteiger partial charge on any atom is 0.100 e. The van der Waals surface area contributed by atoms with Crippen LogP contribution in [-0.2, 0) is 17.6 Å². The predicted molar refractivity (Wildman–Crippen MR) is 91.9 cm³/mol. The molecule has 2 nitrogen and oxygen atoms in total. The molecule has 0 N–H and O–H groups in total. The summed E-state index contributed by atoms with van der Waals surface area (Å²) in [7, 11) is 4.17. The van der Waals surface area contributed by atoms with Gasteiger partial charge in [0.05, 0.1) is 5.76 Å². The third kappa shape index (κ3) is 3.12. The van der Waals surface area contributed by atoms with Crippen LogP contribution in [0.25, 0.3) is 0 Å². The summed E-state index contributed by atoms with van der Waals surface area (Å²) >= 11 is 0.